The number of hydrogen-bond acceptors (Lipinski definition) is 3. The van der Waals surface area contributed by atoms with Crippen molar-refractivity contribution in [2.45, 2.75) is 63.5 Å². The maximum Gasteiger partial charge on any atom is 0.401 e. The molecule has 4 atom stereocenters. The molecule has 0 saturated carbocycles. The molecule has 206 valence electrons. The molecular formula is C28H32F6N4. The van der Waals surface area contributed by atoms with Crippen LogP contribution in [0.25, 0.3) is 10.9 Å². The summed E-state index contributed by atoms with van der Waals surface area (Å²) in [5.41, 5.74) is 1.72. The molecule has 2 aliphatic heterocycles. The minimum Gasteiger partial charge on any atom is -0.381 e. The van der Waals surface area contributed by atoms with E-state index in [1.54, 1.807) is 13.0 Å². The first-order valence-corrected chi connectivity index (χ1v) is 13.0. The predicted molar refractivity (Wildman–Crippen MR) is 136 cm³/mol. The van der Waals surface area contributed by atoms with Gasteiger partial charge in [-0.1, -0.05) is 18.2 Å². The van der Waals surface area contributed by atoms with Crippen molar-refractivity contribution in [1.29, 1.82) is 0 Å². The summed E-state index contributed by atoms with van der Waals surface area (Å²) in [5.74, 6) is -1.80. The molecule has 38 heavy (non-hydrogen) atoms. The quantitative estimate of drug-likeness (QED) is 0.334. The molecule has 2 aromatic carbocycles. The normalized spacial score (nSPS) is 24.7. The number of likely N-dealkylation sites (tertiary alicyclic amines) is 1. The molecule has 0 aliphatic carbocycles. The second-order valence-electron chi connectivity index (χ2n) is 10.6. The van der Waals surface area contributed by atoms with Crippen LogP contribution in [0.1, 0.15) is 49.6 Å². The third-order valence-electron chi connectivity index (χ3n) is 7.89. The smallest absolute Gasteiger partial charge is 0.381 e. The van der Waals surface area contributed by atoms with Crippen LogP contribution in [0, 0.1) is 11.6 Å². The summed E-state index contributed by atoms with van der Waals surface area (Å²) >= 11 is 0. The van der Waals surface area contributed by atoms with Gasteiger partial charge in [0.2, 0.25) is 0 Å². The number of nitrogens with zero attached hydrogens (tertiary/aromatic N) is 2. The standard InChI is InChI=1S/C28H32F6N4/c1-16-10-19(14-37(16)9-5-8-29)35-18-12-22(30)25(23(31)13-18)27-26-21(20-6-3-4-7-24(20)36-26)11-17(2)38(27)15-28(32,33)34/h3-4,6-7,12-13,16-17,19,27,35-36H,5,8-11,14-15H2,1-2H3/t16-,17-,19-,27-/m1/s1. The summed E-state index contributed by atoms with van der Waals surface area (Å²) in [6.45, 7) is 3.22. The maximum atomic E-state index is 15.7. The summed E-state index contributed by atoms with van der Waals surface area (Å²) in [6, 6.07) is 7.92. The molecule has 5 rings (SSSR count). The van der Waals surface area contributed by atoms with Crippen LogP contribution in [0.3, 0.4) is 0 Å². The molecule has 0 spiro atoms. The lowest BCUT2D eigenvalue weighted by molar-refractivity contribution is -0.155. The highest BCUT2D eigenvalue weighted by atomic mass is 19.4. The van der Waals surface area contributed by atoms with Crippen LogP contribution < -0.4 is 5.32 Å². The second kappa shape index (κ2) is 10.4. The van der Waals surface area contributed by atoms with Gasteiger partial charge in [-0.3, -0.25) is 14.2 Å². The molecule has 4 nitrogen and oxygen atoms in total. The lowest BCUT2D eigenvalue weighted by Gasteiger charge is -2.41. The van der Waals surface area contributed by atoms with Gasteiger partial charge in [-0.2, -0.15) is 13.2 Å². The van der Waals surface area contributed by atoms with E-state index in [0.29, 0.717) is 31.6 Å². The fourth-order valence-electron chi connectivity index (χ4n) is 6.21. The number of H-pyrrole nitrogens is 1. The number of para-hydroxylation sites is 1. The highest BCUT2D eigenvalue weighted by Crippen LogP contribution is 2.44. The number of halogens is 6. The summed E-state index contributed by atoms with van der Waals surface area (Å²) in [7, 11) is 0. The Balaban J connectivity index is 1.50. The van der Waals surface area contributed by atoms with Gasteiger partial charge in [-0.05, 0) is 56.9 Å². The Kier molecular flexibility index (Phi) is 7.39. The first-order chi connectivity index (χ1) is 18.1. The van der Waals surface area contributed by atoms with E-state index in [1.165, 1.54) is 12.1 Å². The molecule has 0 bridgehead atoms. The number of aromatic amines is 1. The Bertz CT molecular complexity index is 1270. The number of hydrogen-bond donors (Lipinski definition) is 2. The highest BCUT2D eigenvalue weighted by Gasteiger charge is 2.44. The van der Waals surface area contributed by atoms with Crippen LogP contribution in [0.4, 0.5) is 32.0 Å². The Morgan fingerprint density at radius 3 is 2.45 bits per heavy atom. The molecule has 0 radical (unpaired) electrons. The van der Waals surface area contributed by atoms with Gasteiger partial charge in [0.05, 0.1) is 19.3 Å². The molecule has 2 aliphatic rings. The molecule has 0 unspecified atom stereocenters. The third kappa shape index (κ3) is 5.25. The van der Waals surface area contributed by atoms with E-state index in [0.717, 1.165) is 27.8 Å². The van der Waals surface area contributed by atoms with Crippen molar-refractivity contribution < 1.29 is 26.3 Å². The number of fused-ring (bicyclic) bond motifs is 3. The van der Waals surface area contributed by atoms with Crippen molar-refractivity contribution in [3.05, 3.63) is 64.9 Å². The van der Waals surface area contributed by atoms with Gasteiger partial charge in [0, 0.05) is 59.1 Å². The number of benzene rings is 2. The largest absolute Gasteiger partial charge is 0.401 e. The van der Waals surface area contributed by atoms with E-state index in [9.17, 15) is 17.6 Å². The summed E-state index contributed by atoms with van der Waals surface area (Å²) in [5, 5.41) is 4.02. The first kappa shape index (κ1) is 26.9. The molecule has 3 aromatic rings. The van der Waals surface area contributed by atoms with Crippen molar-refractivity contribution in [1.82, 2.24) is 14.8 Å². The van der Waals surface area contributed by atoms with Gasteiger partial charge in [-0.15, -0.1) is 0 Å². The first-order valence-electron chi connectivity index (χ1n) is 13.0. The molecule has 1 aromatic heterocycles. The minimum atomic E-state index is -4.54. The zero-order valence-electron chi connectivity index (χ0n) is 21.4. The molecule has 3 heterocycles. The van der Waals surface area contributed by atoms with Crippen LogP contribution in [0.15, 0.2) is 36.4 Å². The highest BCUT2D eigenvalue weighted by molar-refractivity contribution is 5.85. The molecule has 2 N–H and O–H groups in total. The van der Waals surface area contributed by atoms with Crippen molar-refractivity contribution in [2.24, 2.45) is 0 Å². The van der Waals surface area contributed by atoms with E-state index in [2.05, 4.69) is 15.2 Å². The fourth-order valence-corrected chi connectivity index (χ4v) is 6.21. The topological polar surface area (TPSA) is 34.3 Å². The summed E-state index contributed by atoms with van der Waals surface area (Å²) in [6.07, 6.45) is -3.06. The third-order valence-corrected chi connectivity index (χ3v) is 7.89. The zero-order chi connectivity index (χ0) is 27.2. The summed E-state index contributed by atoms with van der Waals surface area (Å²) < 4.78 is 85.0. The number of alkyl halides is 4. The number of anilines is 1. The SMILES string of the molecule is C[C@@H]1C[C@@H](Nc2cc(F)c([C@@H]3c4[nH]c5ccccc5c4C[C@@H](C)N3CC(F)(F)F)c(F)c2)CN1CCCF. The zero-order valence-corrected chi connectivity index (χ0v) is 21.4. The van der Waals surface area contributed by atoms with Gasteiger partial charge in [0.25, 0.3) is 0 Å². The van der Waals surface area contributed by atoms with Crippen molar-refractivity contribution >= 4 is 16.6 Å². The van der Waals surface area contributed by atoms with Gasteiger partial charge in [0.15, 0.2) is 0 Å². The van der Waals surface area contributed by atoms with Crippen LogP contribution in [-0.2, 0) is 6.42 Å². The minimum absolute atomic E-state index is 0.0778. The van der Waals surface area contributed by atoms with Crippen LogP contribution in [-0.4, -0.2) is 65.4 Å². The van der Waals surface area contributed by atoms with Gasteiger partial charge >= 0.3 is 6.18 Å². The van der Waals surface area contributed by atoms with Crippen LogP contribution in [0.2, 0.25) is 0 Å². The van der Waals surface area contributed by atoms with Gasteiger partial charge in [0.1, 0.15) is 11.6 Å². The number of nitrogens with one attached hydrogen (secondary N) is 2. The van der Waals surface area contributed by atoms with Crippen molar-refractivity contribution in [2.75, 3.05) is 31.6 Å². The van der Waals surface area contributed by atoms with Gasteiger partial charge in [-0.25, -0.2) is 8.78 Å². The van der Waals surface area contributed by atoms with Crippen LogP contribution in [0.5, 0.6) is 0 Å². The van der Waals surface area contributed by atoms with E-state index in [-0.39, 0.29) is 17.8 Å². The Morgan fingerprint density at radius 2 is 1.76 bits per heavy atom. The lowest BCUT2D eigenvalue weighted by Crippen LogP contribution is -2.47. The lowest BCUT2D eigenvalue weighted by atomic mass is 9.88. The fraction of sp³-hybridized carbons (Fsp3) is 0.500. The van der Waals surface area contributed by atoms with E-state index in [1.807, 2.05) is 25.1 Å². The van der Waals surface area contributed by atoms with Crippen LogP contribution >= 0.6 is 0 Å². The molecule has 0 amide bonds. The molecule has 1 fully saturated rings. The Labute approximate surface area is 218 Å². The monoisotopic (exact) mass is 538 g/mol. The number of aromatic nitrogens is 1. The molecule has 1 saturated heterocycles. The average molecular weight is 539 g/mol. The van der Waals surface area contributed by atoms with E-state index < -0.39 is 48.7 Å². The number of rotatable bonds is 7. The average Bonchev–Trinajstić information content (AvgIpc) is 3.37. The van der Waals surface area contributed by atoms with E-state index >= 15 is 8.78 Å². The maximum absolute atomic E-state index is 15.7. The van der Waals surface area contributed by atoms with Crippen molar-refractivity contribution in [3.63, 3.8) is 0 Å². The molecular weight excluding hydrogens is 506 g/mol. The Hall–Kier alpha value is -2.72. The summed E-state index contributed by atoms with van der Waals surface area (Å²) in [4.78, 5) is 6.43. The van der Waals surface area contributed by atoms with E-state index in [4.69, 9.17) is 0 Å². The second-order valence-corrected chi connectivity index (χ2v) is 10.6. The predicted octanol–water partition coefficient (Wildman–Crippen LogP) is 6.58. The van der Waals surface area contributed by atoms with Gasteiger partial charge < -0.3 is 10.3 Å². The van der Waals surface area contributed by atoms with Crippen molar-refractivity contribution in [3.8, 4) is 0 Å². The Morgan fingerprint density at radius 1 is 1.05 bits per heavy atom. The molecule has 10 heteroatoms.